The predicted octanol–water partition coefficient (Wildman–Crippen LogP) is 5.81. The standard InChI is InChI=1S/C34H26N4O8S2/c39-28(19-26-12-7-17-47-26)35-29-32(40)36-30(34(41)46-31(22-8-3-1-4-9-22)23-10-5-2-6-11-23)24(20-48-33(29)36)14-13-21-15-16-25(37(42)43)18-27(21)38(44)45/h1-18,29,31,33H,19-20H2,(H,35,39)/t29-,33-/m1/s1. The second-order valence-corrected chi connectivity index (χ2v) is 12.9. The fourth-order valence-electron chi connectivity index (χ4n) is 5.44. The van der Waals surface area contributed by atoms with Gasteiger partial charge in [-0.1, -0.05) is 72.8 Å². The highest BCUT2D eigenvalue weighted by atomic mass is 32.2. The van der Waals surface area contributed by atoms with E-state index in [1.54, 1.807) is 0 Å². The molecule has 12 nitrogen and oxygen atoms in total. The number of carbonyl (C=O) groups excluding carboxylic acids is 3. The molecular formula is C34H26N4O8S2. The van der Waals surface area contributed by atoms with Crippen molar-refractivity contribution in [2.45, 2.75) is 23.9 Å². The van der Waals surface area contributed by atoms with Crippen molar-refractivity contribution in [2.75, 3.05) is 5.75 Å². The molecule has 1 fully saturated rings. The normalized spacial score (nSPS) is 17.2. The number of nitrogens with zero attached hydrogens (tertiary/aromatic N) is 3. The summed E-state index contributed by atoms with van der Waals surface area (Å²) in [5, 5.41) is 27.0. The molecule has 242 valence electrons. The van der Waals surface area contributed by atoms with Crippen LogP contribution in [0.1, 0.15) is 27.7 Å². The molecule has 48 heavy (non-hydrogen) atoms. The summed E-state index contributed by atoms with van der Waals surface area (Å²) in [4.78, 5) is 64.2. The molecule has 0 aliphatic carbocycles. The van der Waals surface area contributed by atoms with Crippen molar-refractivity contribution in [1.29, 1.82) is 0 Å². The van der Waals surface area contributed by atoms with Crippen LogP contribution in [0.4, 0.5) is 11.4 Å². The minimum atomic E-state index is -0.870. The van der Waals surface area contributed by atoms with Gasteiger partial charge in [0.2, 0.25) is 5.91 Å². The third-order valence-electron chi connectivity index (χ3n) is 7.74. The zero-order chi connectivity index (χ0) is 33.8. The van der Waals surface area contributed by atoms with Crippen LogP contribution in [0.3, 0.4) is 0 Å². The highest BCUT2D eigenvalue weighted by Gasteiger charge is 2.54. The minimum Gasteiger partial charge on any atom is -0.448 e. The molecule has 2 aliphatic rings. The van der Waals surface area contributed by atoms with Crippen molar-refractivity contribution in [1.82, 2.24) is 10.2 Å². The lowest BCUT2D eigenvalue weighted by molar-refractivity contribution is -0.394. The number of ether oxygens (including phenoxy) is 1. The molecule has 0 saturated carbocycles. The smallest absolute Gasteiger partial charge is 0.356 e. The number of fused-ring (bicyclic) bond motifs is 1. The van der Waals surface area contributed by atoms with Gasteiger partial charge in [-0.05, 0) is 40.3 Å². The first-order valence-electron chi connectivity index (χ1n) is 14.6. The number of thiophene rings is 1. The van der Waals surface area contributed by atoms with Gasteiger partial charge in [0.15, 0.2) is 6.10 Å². The first-order valence-corrected chi connectivity index (χ1v) is 16.6. The van der Waals surface area contributed by atoms with Crippen molar-refractivity contribution >= 4 is 58.3 Å². The fraction of sp³-hybridized carbons (Fsp3) is 0.147. The Morgan fingerprint density at radius 1 is 0.938 bits per heavy atom. The lowest BCUT2D eigenvalue weighted by Crippen LogP contribution is -2.70. The van der Waals surface area contributed by atoms with Crippen LogP contribution in [-0.4, -0.2) is 49.7 Å². The van der Waals surface area contributed by atoms with E-state index in [1.807, 2.05) is 78.2 Å². The van der Waals surface area contributed by atoms with Crippen LogP contribution in [0.5, 0.6) is 0 Å². The maximum atomic E-state index is 14.2. The van der Waals surface area contributed by atoms with Gasteiger partial charge < -0.3 is 10.1 Å². The number of carbonyl (C=O) groups is 3. The van der Waals surface area contributed by atoms with E-state index in [-0.39, 0.29) is 29.3 Å². The van der Waals surface area contributed by atoms with Crippen LogP contribution >= 0.6 is 23.1 Å². The summed E-state index contributed by atoms with van der Waals surface area (Å²) in [6.45, 7) is 0. The van der Waals surface area contributed by atoms with Crippen LogP contribution in [0, 0.1) is 20.2 Å². The SMILES string of the molecule is O=C(Cc1cccs1)N[C@@H]1C(=O)N2C(C(=O)OC(c3ccccc3)c3ccccc3)=C(C=Cc3ccc([N+](=O)[O-])cc3[N+](=O)[O-])CS[C@H]12. The summed E-state index contributed by atoms with van der Waals surface area (Å²) < 4.78 is 6.13. The van der Waals surface area contributed by atoms with Crippen LogP contribution in [-0.2, 0) is 25.5 Å². The Balaban J connectivity index is 1.35. The Kier molecular flexibility index (Phi) is 9.45. The van der Waals surface area contributed by atoms with Crippen LogP contribution < -0.4 is 5.32 Å². The van der Waals surface area contributed by atoms with Crippen molar-refractivity contribution in [3.63, 3.8) is 0 Å². The van der Waals surface area contributed by atoms with Gasteiger partial charge in [-0.2, -0.15) is 0 Å². The Morgan fingerprint density at radius 3 is 2.23 bits per heavy atom. The highest BCUT2D eigenvalue weighted by molar-refractivity contribution is 8.00. The molecule has 0 unspecified atom stereocenters. The molecule has 0 radical (unpaired) electrons. The number of allylic oxidation sites excluding steroid dienone is 1. The number of benzene rings is 3. The molecule has 2 aliphatic heterocycles. The maximum absolute atomic E-state index is 14.2. The zero-order valence-electron chi connectivity index (χ0n) is 25.0. The first kappa shape index (κ1) is 32.3. The molecule has 0 spiro atoms. The van der Waals surface area contributed by atoms with Gasteiger partial charge in [-0.3, -0.25) is 34.7 Å². The van der Waals surface area contributed by atoms with Gasteiger partial charge in [0, 0.05) is 16.7 Å². The number of esters is 1. The second-order valence-electron chi connectivity index (χ2n) is 10.8. The molecular weight excluding hydrogens is 657 g/mol. The Morgan fingerprint density at radius 2 is 1.62 bits per heavy atom. The number of β-lactam (4-membered cyclic amide) rings is 1. The zero-order valence-corrected chi connectivity index (χ0v) is 26.6. The highest BCUT2D eigenvalue weighted by Crippen LogP contribution is 2.42. The van der Waals surface area contributed by atoms with Crippen LogP contribution in [0.25, 0.3) is 6.08 Å². The quantitative estimate of drug-likeness (QED) is 0.0891. The first-order chi connectivity index (χ1) is 23.2. The Hall–Kier alpha value is -5.60. The third kappa shape index (κ3) is 6.75. The average Bonchev–Trinajstić information content (AvgIpc) is 3.61. The van der Waals surface area contributed by atoms with Gasteiger partial charge in [-0.25, -0.2) is 4.79 Å². The van der Waals surface area contributed by atoms with E-state index in [0.29, 0.717) is 16.7 Å². The largest absolute Gasteiger partial charge is 0.448 e. The van der Waals surface area contributed by atoms with E-state index in [0.717, 1.165) is 17.0 Å². The Labute approximate surface area is 282 Å². The van der Waals surface area contributed by atoms with Crippen LogP contribution in [0.2, 0.25) is 0 Å². The van der Waals surface area contributed by atoms with Crippen LogP contribution in [0.15, 0.2) is 114 Å². The predicted molar refractivity (Wildman–Crippen MR) is 180 cm³/mol. The number of hydrogen-bond acceptors (Lipinski definition) is 10. The van der Waals surface area contributed by atoms with Gasteiger partial charge in [0.1, 0.15) is 17.1 Å². The van der Waals surface area contributed by atoms with E-state index in [9.17, 15) is 34.6 Å². The molecule has 6 rings (SSSR count). The monoisotopic (exact) mass is 682 g/mol. The van der Waals surface area contributed by atoms with E-state index in [4.69, 9.17) is 4.74 Å². The number of nitro groups is 2. The molecule has 1 saturated heterocycles. The van der Waals surface area contributed by atoms with Gasteiger partial charge in [0.05, 0.1) is 27.9 Å². The van der Waals surface area contributed by atoms with E-state index >= 15 is 0 Å². The number of nitrogens with one attached hydrogen (secondary N) is 1. The number of nitro benzene ring substituents is 2. The maximum Gasteiger partial charge on any atom is 0.356 e. The summed E-state index contributed by atoms with van der Waals surface area (Å²) in [6.07, 6.45) is 2.15. The lowest BCUT2D eigenvalue weighted by Gasteiger charge is -2.49. The Bertz CT molecular complexity index is 1910. The summed E-state index contributed by atoms with van der Waals surface area (Å²) in [7, 11) is 0. The minimum absolute atomic E-state index is 0.0508. The lowest BCUT2D eigenvalue weighted by atomic mass is 10.00. The summed E-state index contributed by atoms with van der Waals surface area (Å²) in [5.41, 5.74) is 0.838. The van der Waals surface area contributed by atoms with E-state index in [1.165, 1.54) is 46.2 Å². The molecule has 3 aromatic carbocycles. The van der Waals surface area contributed by atoms with Crippen molar-refractivity contribution in [3.8, 4) is 0 Å². The number of amides is 2. The third-order valence-corrected chi connectivity index (χ3v) is 9.92. The van der Waals surface area contributed by atoms with E-state index in [2.05, 4.69) is 5.32 Å². The molecule has 4 aromatic rings. The number of hydrogen-bond donors (Lipinski definition) is 1. The molecule has 1 aromatic heterocycles. The number of rotatable bonds is 11. The van der Waals surface area contributed by atoms with E-state index < -0.39 is 50.6 Å². The van der Waals surface area contributed by atoms with Crippen molar-refractivity contribution < 1.29 is 29.0 Å². The molecule has 3 heterocycles. The summed E-state index contributed by atoms with van der Waals surface area (Å²) in [5.74, 6) is -1.42. The summed E-state index contributed by atoms with van der Waals surface area (Å²) in [6, 6.07) is 24.3. The molecule has 14 heteroatoms. The van der Waals surface area contributed by atoms with Gasteiger partial charge in [0.25, 0.3) is 17.3 Å². The number of non-ortho nitro benzene ring substituents is 1. The average molecular weight is 683 g/mol. The molecule has 0 bridgehead atoms. The second kappa shape index (κ2) is 14.0. The van der Waals surface area contributed by atoms with Crippen molar-refractivity contribution in [3.05, 3.63) is 156 Å². The molecule has 2 amide bonds. The fourth-order valence-corrected chi connectivity index (χ4v) is 7.46. The number of thioether (sulfide) groups is 1. The van der Waals surface area contributed by atoms with Crippen molar-refractivity contribution in [2.24, 2.45) is 0 Å². The summed E-state index contributed by atoms with van der Waals surface area (Å²) >= 11 is 2.75. The van der Waals surface area contributed by atoms with Gasteiger partial charge in [-0.15, -0.1) is 23.1 Å². The topological polar surface area (TPSA) is 162 Å². The molecule has 1 N–H and O–H groups in total. The molecule has 2 atom stereocenters. The van der Waals surface area contributed by atoms with Gasteiger partial charge >= 0.3 is 5.97 Å².